The maximum absolute atomic E-state index is 15.0. The van der Waals surface area contributed by atoms with Crippen LogP contribution in [-0.4, -0.2) is 90.1 Å². The Labute approximate surface area is 618 Å². The number of rotatable bonds is 16. The highest BCUT2D eigenvalue weighted by atomic mass is 16.5. The van der Waals surface area contributed by atoms with Crippen LogP contribution < -0.4 is 37.9 Å². The number of fused-ring (bicyclic) bond motifs is 18. The highest BCUT2D eigenvalue weighted by molar-refractivity contribution is 6.18. The van der Waals surface area contributed by atoms with Crippen LogP contribution >= 0.6 is 0 Å². The summed E-state index contributed by atoms with van der Waals surface area (Å²) in [6, 6.07) is 92.7. The van der Waals surface area contributed by atoms with Crippen molar-refractivity contribution in [2.24, 2.45) is 0 Å². The zero-order valence-electron chi connectivity index (χ0n) is 60.3. The van der Waals surface area contributed by atoms with Crippen LogP contribution in [0.5, 0.6) is 46.0 Å². The van der Waals surface area contributed by atoms with Crippen molar-refractivity contribution in [3.05, 3.63) is 278 Å². The highest BCUT2D eigenvalue weighted by Gasteiger charge is 2.25. The molecule has 6 heterocycles. The third kappa shape index (κ3) is 9.57. The molecule has 0 bridgehead atoms. The van der Waals surface area contributed by atoms with Crippen molar-refractivity contribution in [1.82, 2.24) is 27.4 Å². The van der Waals surface area contributed by atoms with Gasteiger partial charge in [0.05, 0.1) is 123 Å². The molecular formula is C93H68N6O9. The number of carbonyl (C=O) groups excluding carboxylic acids is 1. The Morgan fingerprint density at radius 1 is 0.176 bits per heavy atom. The number of ketones is 1. The van der Waals surface area contributed by atoms with Gasteiger partial charge in [-0.3, -0.25) is 4.79 Å². The van der Waals surface area contributed by atoms with Crippen molar-refractivity contribution < 1.29 is 42.7 Å². The molecule has 0 fully saturated rings. The lowest BCUT2D eigenvalue weighted by atomic mass is 10.0. The quantitative estimate of drug-likeness (QED) is 0.0871. The van der Waals surface area contributed by atoms with Crippen LogP contribution in [-0.2, 0) is 0 Å². The minimum absolute atomic E-state index is 0.0909. The second kappa shape index (κ2) is 24.5. The molecule has 0 radical (unpaired) electrons. The van der Waals surface area contributed by atoms with Crippen molar-refractivity contribution in [2.75, 3.05) is 56.9 Å². The summed E-state index contributed by atoms with van der Waals surface area (Å²) < 4.78 is 60.1. The number of hydrogen-bond acceptors (Lipinski definition) is 9. The van der Waals surface area contributed by atoms with E-state index in [1.54, 1.807) is 56.9 Å². The van der Waals surface area contributed by atoms with Crippen LogP contribution in [0.15, 0.2) is 267 Å². The number of ether oxygens (including phenoxy) is 8. The van der Waals surface area contributed by atoms with E-state index in [0.717, 1.165) is 211 Å². The number of benzene rings is 14. The maximum Gasteiger partial charge on any atom is 0.193 e. The predicted molar refractivity (Wildman–Crippen MR) is 435 cm³/mol. The fraction of sp³-hybridized carbons (Fsp3) is 0.0860. The van der Waals surface area contributed by atoms with Crippen LogP contribution in [0.2, 0.25) is 0 Å². The van der Waals surface area contributed by atoms with Gasteiger partial charge in [0, 0.05) is 110 Å². The first kappa shape index (κ1) is 63.6. The van der Waals surface area contributed by atoms with Crippen molar-refractivity contribution in [3.8, 4) is 80.1 Å². The lowest BCUT2D eigenvalue weighted by molar-refractivity contribution is 0.103. The summed E-state index contributed by atoms with van der Waals surface area (Å²) >= 11 is 0. The third-order valence-electron chi connectivity index (χ3n) is 22.0. The molecule has 6 aromatic heterocycles. The van der Waals surface area contributed by atoms with E-state index in [-0.39, 0.29) is 5.78 Å². The molecule has 0 saturated heterocycles. The minimum atomic E-state index is -0.0909. The molecular weight excluding hydrogens is 1350 g/mol. The predicted octanol–water partition coefficient (Wildman–Crippen LogP) is 21.6. The average molecular weight is 1410 g/mol. The number of carbonyl (C=O) groups is 1. The van der Waals surface area contributed by atoms with E-state index in [4.69, 9.17) is 37.9 Å². The smallest absolute Gasteiger partial charge is 0.193 e. The van der Waals surface area contributed by atoms with Gasteiger partial charge >= 0.3 is 0 Å². The number of hydrogen-bond donors (Lipinski definition) is 0. The van der Waals surface area contributed by atoms with Gasteiger partial charge in [-0.15, -0.1) is 0 Å². The Kier molecular flexibility index (Phi) is 14.5. The van der Waals surface area contributed by atoms with Crippen LogP contribution in [0.3, 0.4) is 0 Å². The molecule has 0 aliphatic rings. The largest absolute Gasteiger partial charge is 0.497 e. The van der Waals surface area contributed by atoms with E-state index in [0.29, 0.717) is 11.1 Å². The lowest BCUT2D eigenvalue weighted by Gasteiger charge is -2.12. The second-order valence-electron chi connectivity index (χ2n) is 27.3. The Morgan fingerprint density at radius 2 is 0.315 bits per heavy atom. The number of aromatic nitrogens is 6. The Balaban J connectivity index is 0.707. The summed E-state index contributed by atoms with van der Waals surface area (Å²) in [5.74, 6) is 6.08. The average Bonchev–Trinajstić information content (AvgIpc) is 1.57. The van der Waals surface area contributed by atoms with Crippen LogP contribution in [0.1, 0.15) is 15.9 Å². The number of methoxy groups -OCH3 is 8. The number of nitrogens with zero attached hydrogens (tertiary/aromatic N) is 6. The van der Waals surface area contributed by atoms with E-state index in [9.17, 15) is 0 Å². The van der Waals surface area contributed by atoms with Gasteiger partial charge in [-0.05, 0) is 267 Å². The Morgan fingerprint density at radius 3 is 0.481 bits per heavy atom. The highest BCUT2D eigenvalue weighted by Crippen LogP contribution is 2.46. The molecule has 524 valence electrons. The first-order valence-electron chi connectivity index (χ1n) is 35.6. The molecule has 108 heavy (non-hydrogen) atoms. The molecule has 0 unspecified atom stereocenters. The van der Waals surface area contributed by atoms with Gasteiger partial charge < -0.3 is 65.3 Å². The first-order valence-corrected chi connectivity index (χ1v) is 35.6. The van der Waals surface area contributed by atoms with E-state index in [2.05, 4.69) is 222 Å². The molecule has 15 nitrogen and oxygen atoms in total. The van der Waals surface area contributed by atoms with Gasteiger partial charge in [0.1, 0.15) is 46.0 Å². The van der Waals surface area contributed by atoms with Gasteiger partial charge in [0.25, 0.3) is 0 Å². The van der Waals surface area contributed by atoms with Gasteiger partial charge in [-0.1, -0.05) is 0 Å². The van der Waals surface area contributed by atoms with Crippen LogP contribution in [0, 0.1) is 0 Å². The fourth-order valence-electron chi connectivity index (χ4n) is 16.9. The summed E-state index contributed by atoms with van der Waals surface area (Å²) in [5.41, 5.74) is 19.2. The van der Waals surface area contributed by atoms with Crippen molar-refractivity contribution in [2.45, 2.75) is 0 Å². The lowest BCUT2D eigenvalue weighted by Crippen LogP contribution is -2.03. The molecule has 0 aliphatic heterocycles. The van der Waals surface area contributed by atoms with E-state index in [1.165, 1.54) is 0 Å². The SMILES string of the molecule is COc1ccc2c(c1)c1cc(OC)ccc1n2-c1ccc2c(c1)c1cc(-n3c4ccc(OC)cc4c4cc(OC)ccc43)ccc1n2-c1ccc(C(=O)c2ccc(-n3c4ccc(-n5c6ccc(OC)cc6c6cc(OC)ccc65)cc4c4cc(-n5c6ccc(OC)cc6c6cc(OC)ccc65)ccc43)cc2)cc1. The van der Waals surface area contributed by atoms with E-state index >= 15 is 4.79 Å². The minimum Gasteiger partial charge on any atom is -0.497 e. The first-order chi connectivity index (χ1) is 53.0. The van der Waals surface area contributed by atoms with Crippen LogP contribution in [0.4, 0.5) is 0 Å². The zero-order valence-corrected chi connectivity index (χ0v) is 60.3. The molecule has 14 aromatic carbocycles. The third-order valence-corrected chi connectivity index (χ3v) is 22.0. The summed E-state index contributed by atoms with van der Waals surface area (Å²) in [5, 5.41) is 12.6. The summed E-state index contributed by atoms with van der Waals surface area (Å²) in [6.07, 6.45) is 0. The van der Waals surface area contributed by atoms with Gasteiger partial charge in [0.15, 0.2) is 5.78 Å². The molecule has 0 aliphatic carbocycles. The van der Waals surface area contributed by atoms with E-state index < -0.39 is 0 Å². The molecule has 0 N–H and O–H groups in total. The van der Waals surface area contributed by atoms with E-state index in [1.807, 2.05) is 72.8 Å². The standard InChI is InChI=1S/C93H68N6O9/c1-101-61-21-33-85-73(45-61)74-46-62(102-2)22-34-86(74)96(85)57-17-29-81-69(41-57)70-42-58(97-87-35-23-63(103-3)47-75(87)76-48-64(104-4)24-36-88(76)97)18-30-82(70)94(81)55-13-9-53(10-14-55)93(100)54-11-15-56(16-12-54)95-83-31-19-59(98-89-37-25-65(105-5)49-77(89)78-50-66(106-6)26-38-90(78)98)43-71(83)72-44-60(20-32-84(72)95)99-91-39-27-67(107-7)51-79(91)80-52-68(108-8)28-40-92(80)99/h9-52H,1-8H3. The van der Waals surface area contributed by atoms with Crippen LogP contribution in [0.25, 0.3) is 165 Å². The summed E-state index contributed by atoms with van der Waals surface area (Å²) in [6.45, 7) is 0. The topological polar surface area (TPSA) is 120 Å². The molecule has 0 spiro atoms. The van der Waals surface area contributed by atoms with Gasteiger partial charge in [-0.25, -0.2) is 0 Å². The Bertz CT molecular complexity index is 6140. The van der Waals surface area contributed by atoms with Gasteiger partial charge in [-0.2, -0.15) is 0 Å². The van der Waals surface area contributed by atoms with Gasteiger partial charge in [0.2, 0.25) is 0 Å². The normalized spacial score (nSPS) is 11.9. The van der Waals surface area contributed by atoms with Crippen molar-refractivity contribution in [1.29, 1.82) is 0 Å². The van der Waals surface area contributed by atoms with Crippen molar-refractivity contribution in [3.63, 3.8) is 0 Å². The van der Waals surface area contributed by atoms with Crippen molar-refractivity contribution >= 4 is 137 Å². The zero-order chi connectivity index (χ0) is 72.9. The molecule has 0 amide bonds. The molecule has 20 aromatic rings. The molecule has 0 saturated carbocycles. The molecule has 15 heteroatoms. The summed E-state index contributed by atoms with van der Waals surface area (Å²) in [7, 11) is 13.6. The maximum atomic E-state index is 15.0. The fourth-order valence-corrected chi connectivity index (χ4v) is 16.9. The Hall–Kier alpha value is -14.1. The molecule has 0 atom stereocenters. The monoisotopic (exact) mass is 1410 g/mol. The second-order valence-corrected chi connectivity index (χ2v) is 27.3. The molecule has 20 rings (SSSR count). The summed E-state index contributed by atoms with van der Waals surface area (Å²) in [4.78, 5) is 15.0.